The molecule has 0 aliphatic rings. The first-order valence-corrected chi connectivity index (χ1v) is 6.51. The normalized spacial score (nSPS) is 10.2. The van der Waals surface area contributed by atoms with E-state index in [0.717, 1.165) is 11.3 Å². The highest BCUT2D eigenvalue weighted by Gasteiger charge is 2.07. The summed E-state index contributed by atoms with van der Waals surface area (Å²) in [5, 5.41) is 0.678. The maximum Gasteiger partial charge on any atom is 0.169 e. The van der Waals surface area contributed by atoms with E-state index < -0.39 is 0 Å². The molecule has 0 aliphatic heterocycles. The Morgan fingerprint density at radius 2 is 1.78 bits per heavy atom. The molecule has 0 unspecified atom stereocenters. The number of halogens is 1. The van der Waals surface area contributed by atoms with E-state index >= 15 is 0 Å². The first kappa shape index (κ1) is 13.0. The Morgan fingerprint density at radius 1 is 1.06 bits per heavy atom. The summed E-state index contributed by atoms with van der Waals surface area (Å²) < 4.78 is 5.73. The molecule has 0 saturated heterocycles. The van der Waals surface area contributed by atoms with Crippen LogP contribution in [0.5, 0.6) is 5.75 Å². The van der Waals surface area contributed by atoms with Gasteiger partial charge in [-0.15, -0.1) is 0 Å². The summed E-state index contributed by atoms with van der Waals surface area (Å²) in [6, 6.07) is 16.1. The number of rotatable bonds is 4. The Labute approximate surface area is 114 Å². The van der Waals surface area contributed by atoms with Crippen LogP contribution >= 0.6 is 11.6 Å². The van der Waals surface area contributed by atoms with Crippen molar-refractivity contribution in [2.75, 3.05) is 0 Å². The van der Waals surface area contributed by atoms with Gasteiger partial charge in [0.1, 0.15) is 12.4 Å². The monoisotopic (exact) mass is 258 g/mol. The third kappa shape index (κ3) is 3.30. The van der Waals surface area contributed by atoms with Gasteiger partial charge in [-0.3, -0.25) is 0 Å². The van der Waals surface area contributed by atoms with Crippen molar-refractivity contribution in [3.63, 3.8) is 0 Å². The molecule has 92 valence electrons. The lowest BCUT2D eigenvalue weighted by Crippen LogP contribution is -2.22. The Hall–Kier alpha value is -1.41. The summed E-state index contributed by atoms with van der Waals surface area (Å²) in [5.41, 5.74) is 2.37. The fourth-order valence-corrected chi connectivity index (χ4v) is 1.97. The van der Waals surface area contributed by atoms with Crippen LogP contribution in [0, 0.1) is 0 Å². The Morgan fingerprint density at radius 3 is 2.39 bits per heavy atom. The van der Waals surface area contributed by atoms with Crippen LogP contribution in [0.15, 0.2) is 48.5 Å². The second-order valence-electron chi connectivity index (χ2n) is 4.62. The van der Waals surface area contributed by atoms with Crippen molar-refractivity contribution in [2.24, 2.45) is 0 Å². The van der Waals surface area contributed by atoms with Crippen LogP contribution in [0.25, 0.3) is 0 Å². The van der Waals surface area contributed by atoms with Crippen LogP contribution in [0.2, 0.25) is 18.7 Å². The maximum absolute atomic E-state index is 6.21. The van der Waals surface area contributed by atoms with Crippen LogP contribution in [0.3, 0.4) is 0 Å². The maximum atomic E-state index is 6.21. The van der Waals surface area contributed by atoms with Crippen molar-refractivity contribution in [3.05, 3.63) is 59.1 Å². The summed E-state index contributed by atoms with van der Waals surface area (Å²) in [7, 11) is 0. The smallest absolute Gasteiger partial charge is 0.169 e. The highest BCUT2D eigenvalue weighted by Crippen LogP contribution is 2.23. The largest absolute Gasteiger partial charge is 0.487 e. The van der Waals surface area contributed by atoms with Crippen LogP contribution in [-0.2, 0) is 6.61 Å². The standard InChI is InChI=1S/C15H16BClO/c1-16(2)13-8-9-15(14(17)10-13)18-11-12-6-4-3-5-7-12/h3-10H,11H2,1-2H3. The molecule has 0 N–H and O–H groups in total. The summed E-state index contributed by atoms with van der Waals surface area (Å²) in [6.07, 6.45) is 0. The van der Waals surface area contributed by atoms with E-state index in [4.69, 9.17) is 16.3 Å². The van der Waals surface area contributed by atoms with Gasteiger partial charge in [0.2, 0.25) is 0 Å². The lowest BCUT2D eigenvalue weighted by molar-refractivity contribution is 0.306. The first-order valence-electron chi connectivity index (χ1n) is 6.13. The molecule has 18 heavy (non-hydrogen) atoms. The van der Waals surface area contributed by atoms with Gasteiger partial charge in [0.15, 0.2) is 6.71 Å². The second-order valence-corrected chi connectivity index (χ2v) is 5.03. The molecule has 0 spiro atoms. The molecule has 2 aromatic rings. The first-order chi connectivity index (χ1) is 8.66. The van der Waals surface area contributed by atoms with Crippen LogP contribution in [0.4, 0.5) is 0 Å². The van der Waals surface area contributed by atoms with Crippen LogP contribution < -0.4 is 10.2 Å². The van der Waals surface area contributed by atoms with Gasteiger partial charge in [0.05, 0.1) is 5.02 Å². The van der Waals surface area contributed by atoms with Gasteiger partial charge in [0, 0.05) is 0 Å². The lowest BCUT2D eigenvalue weighted by Gasteiger charge is -2.10. The van der Waals surface area contributed by atoms with Gasteiger partial charge in [-0.1, -0.05) is 67.1 Å². The zero-order valence-electron chi connectivity index (χ0n) is 10.7. The van der Waals surface area contributed by atoms with E-state index in [1.54, 1.807) is 0 Å². The molecule has 0 saturated carbocycles. The lowest BCUT2D eigenvalue weighted by atomic mass is 9.49. The van der Waals surface area contributed by atoms with Gasteiger partial charge in [-0.2, -0.15) is 0 Å². The molecule has 0 bridgehead atoms. The molecular weight excluding hydrogens is 242 g/mol. The number of hydrogen-bond acceptors (Lipinski definition) is 1. The van der Waals surface area contributed by atoms with E-state index in [0.29, 0.717) is 18.3 Å². The quantitative estimate of drug-likeness (QED) is 0.756. The van der Waals surface area contributed by atoms with Crippen molar-refractivity contribution >= 4 is 23.8 Å². The molecule has 0 aliphatic carbocycles. The SMILES string of the molecule is CB(C)c1ccc(OCc2ccccc2)c(Cl)c1. The molecule has 0 radical (unpaired) electrons. The van der Waals surface area contributed by atoms with Gasteiger partial charge in [0.25, 0.3) is 0 Å². The van der Waals surface area contributed by atoms with E-state index in [2.05, 4.69) is 19.7 Å². The fraction of sp³-hybridized carbons (Fsp3) is 0.200. The molecule has 3 heteroatoms. The summed E-state index contributed by atoms with van der Waals surface area (Å²) in [6.45, 7) is 5.32. The summed E-state index contributed by atoms with van der Waals surface area (Å²) in [4.78, 5) is 0. The minimum Gasteiger partial charge on any atom is -0.487 e. The molecule has 2 rings (SSSR count). The molecule has 1 nitrogen and oxygen atoms in total. The Bertz CT molecular complexity index is 511. The molecule has 2 aromatic carbocycles. The van der Waals surface area contributed by atoms with E-state index in [-0.39, 0.29) is 0 Å². The Balaban J connectivity index is 2.06. The number of hydrogen-bond donors (Lipinski definition) is 0. The van der Waals surface area contributed by atoms with Gasteiger partial charge in [-0.25, -0.2) is 0 Å². The topological polar surface area (TPSA) is 9.23 Å². The van der Waals surface area contributed by atoms with Crippen LogP contribution in [-0.4, -0.2) is 6.71 Å². The predicted octanol–water partition coefficient (Wildman–Crippen LogP) is 3.88. The van der Waals surface area contributed by atoms with Crippen molar-refractivity contribution in [3.8, 4) is 5.75 Å². The third-order valence-corrected chi connectivity index (χ3v) is 3.16. The minimum atomic E-state index is 0.477. The Kier molecular flexibility index (Phi) is 4.32. The van der Waals surface area contributed by atoms with Gasteiger partial charge in [-0.05, 0) is 17.7 Å². The zero-order chi connectivity index (χ0) is 13.0. The highest BCUT2D eigenvalue weighted by molar-refractivity contribution is 6.70. The molecule has 0 fully saturated rings. The molecule has 0 aromatic heterocycles. The number of ether oxygens (including phenoxy) is 1. The van der Waals surface area contributed by atoms with Crippen molar-refractivity contribution in [1.29, 1.82) is 0 Å². The average Bonchev–Trinajstić information content (AvgIpc) is 2.38. The molecule has 0 heterocycles. The van der Waals surface area contributed by atoms with E-state index in [9.17, 15) is 0 Å². The van der Waals surface area contributed by atoms with Crippen molar-refractivity contribution in [2.45, 2.75) is 20.3 Å². The second kappa shape index (κ2) is 5.97. The predicted molar refractivity (Wildman–Crippen MR) is 79.3 cm³/mol. The zero-order valence-corrected chi connectivity index (χ0v) is 11.4. The molecule has 0 amide bonds. The van der Waals surface area contributed by atoms with Gasteiger partial charge >= 0.3 is 0 Å². The van der Waals surface area contributed by atoms with Gasteiger partial charge < -0.3 is 4.74 Å². The average molecular weight is 259 g/mol. The van der Waals surface area contributed by atoms with E-state index in [1.165, 1.54) is 5.46 Å². The number of benzene rings is 2. The van der Waals surface area contributed by atoms with Crippen LogP contribution in [0.1, 0.15) is 5.56 Å². The summed E-state index contributed by atoms with van der Waals surface area (Å²) in [5.74, 6) is 0.741. The highest BCUT2D eigenvalue weighted by atomic mass is 35.5. The van der Waals surface area contributed by atoms with E-state index in [1.807, 2.05) is 42.5 Å². The van der Waals surface area contributed by atoms with Crippen molar-refractivity contribution < 1.29 is 4.74 Å². The molecular formula is C15H16BClO. The summed E-state index contributed by atoms with van der Waals surface area (Å²) >= 11 is 6.21. The third-order valence-electron chi connectivity index (χ3n) is 2.86. The fourth-order valence-electron chi connectivity index (χ4n) is 1.73. The minimum absolute atomic E-state index is 0.477. The molecule has 0 atom stereocenters. The van der Waals surface area contributed by atoms with Crippen molar-refractivity contribution in [1.82, 2.24) is 0 Å².